The third-order valence-electron chi connectivity index (χ3n) is 5.42. The number of alkyl halides is 3. The SMILES string of the molecule is CC(C)C(NC(=O)Cn1c(-c2cccs2)ccc(NC(=O)OCc2ccccc2)c1=O)C(O)C(F)(F)F. The van der Waals surface area contributed by atoms with E-state index in [9.17, 15) is 32.7 Å². The van der Waals surface area contributed by atoms with E-state index in [2.05, 4.69) is 10.6 Å². The highest BCUT2D eigenvalue weighted by atomic mass is 32.1. The summed E-state index contributed by atoms with van der Waals surface area (Å²) in [6.45, 7) is 2.17. The Kier molecular flexibility index (Phi) is 9.11. The van der Waals surface area contributed by atoms with Crippen LogP contribution < -0.4 is 16.2 Å². The van der Waals surface area contributed by atoms with Crippen LogP contribution in [0.25, 0.3) is 10.6 Å². The number of hydrogen-bond acceptors (Lipinski definition) is 6. The Morgan fingerprint density at radius 1 is 1.08 bits per heavy atom. The smallest absolute Gasteiger partial charge is 0.416 e. The van der Waals surface area contributed by atoms with E-state index in [-0.39, 0.29) is 12.3 Å². The van der Waals surface area contributed by atoms with Crippen molar-refractivity contribution in [1.29, 1.82) is 0 Å². The fourth-order valence-corrected chi connectivity index (χ4v) is 4.29. The summed E-state index contributed by atoms with van der Waals surface area (Å²) in [6.07, 6.45) is -8.61. The van der Waals surface area contributed by atoms with Crippen LogP contribution in [0.5, 0.6) is 0 Å². The molecule has 0 fully saturated rings. The van der Waals surface area contributed by atoms with Crippen LogP contribution in [0.3, 0.4) is 0 Å². The molecule has 0 saturated heterocycles. The summed E-state index contributed by atoms with van der Waals surface area (Å²) in [5.74, 6) is -1.66. The molecule has 0 radical (unpaired) electrons. The number of ether oxygens (including phenoxy) is 1. The highest BCUT2D eigenvalue weighted by molar-refractivity contribution is 7.13. The lowest BCUT2D eigenvalue weighted by molar-refractivity contribution is -0.215. The molecule has 0 bridgehead atoms. The molecule has 8 nitrogen and oxygen atoms in total. The van der Waals surface area contributed by atoms with Gasteiger partial charge in [-0.05, 0) is 35.1 Å². The summed E-state index contributed by atoms with van der Waals surface area (Å²) in [6, 6.07) is 13.6. The minimum atomic E-state index is -4.94. The van der Waals surface area contributed by atoms with Crippen LogP contribution in [0.2, 0.25) is 0 Å². The lowest BCUT2D eigenvalue weighted by atomic mass is 9.98. The second-order valence-electron chi connectivity index (χ2n) is 8.51. The third kappa shape index (κ3) is 7.43. The van der Waals surface area contributed by atoms with E-state index in [4.69, 9.17) is 4.74 Å². The van der Waals surface area contributed by atoms with Gasteiger partial charge in [0.05, 0.1) is 16.6 Å². The molecule has 0 aliphatic carbocycles. The van der Waals surface area contributed by atoms with Gasteiger partial charge >= 0.3 is 12.3 Å². The molecule has 3 rings (SSSR count). The number of rotatable bonds is 9. The van der Waals surface area contributed by atoms with E-state index in [1.165, 1.54) is 37.3 Å². The second-order valence-corrected chi connectivity index (χ2v) is 9.46. The van der Waals surface area contributed by atoms with Gasteiger partial charge in [0.15, 0.2) is 6.10 Å². The molecule has 2 unspecified atom stereocenters. The normalized spacial score (nSPS) is 13.2. The van der Waals surface area contributed by atoms with Crippen molar-refractivity contribution in [3.05, 3.63) is 75.9 Å². The average molecular weight is 538 g/mol. The van der Waals surface area contributed by atoms with Crippen molar-refractivity contribution in [2.45, 2.75) is 45.3 Å². The van der Waals surface area contributed by atoms with Gasteiger partial charge < -0.3 is 15.2 Å². The number of thiophene rings is 1. The lowest BCUT2D eigenvalue weighted by Gasteiger charge is -2.29. The first-order chi connectivity index (χ1) is 17.5. The van der Waals surface area contributed by atoms with Gasteiger partial charge in [-0.1, -0.05) is 50.2 Å². The molecule has 3 N–H and O–H groups in total. The Hall–Kier alpha value is -3.64. The Bertz CT molecular complexity index is 1260. The Morgan fingerprint density at radius 3 is 2.38 bits per heavy atom. The molecule has 2 amide bonds. The predicted octanol–water partition coefficient (Wildman–Crippen LogP) is 4.39. The molecule has 0 aliphatic rings. The van der Waals surface area contributed by atoms with Gasteiger partial charge in [0.2, 0.25) is 5.91 Å². The molecular formula is C25H26F3N3O5S. The second kappa shape index (κ2) is 12.1. The van der Waals surface area contributed by atoms with E-state index in [1.807, 2.05) is 6.07 Å². The zero-order chi connectivity index (χ0) is 27.2. The monoisotopic (exact) mass is 537 g/mol. The number of nitrogens with zero attached hydrogens (tertiary/aromatic N) is 1. The minimum absolute atomic E-state index is 0.0331. The number of amides is 2. The zero-order valence-corrected chi connectivity index (χ0v) is 20.8. The molecule has 2 atom stereocenters. The van der Waals surface area contributed by atoms with E-state index in [1.54, 1.807) is 41.8 Å². The topological polar surface area (TPSA) is 110 Å². The van der Waals surface area contributed by atoms with Crippen molar-refractivity contribution in [2.24, 2.45) is 5.92 Å². The van der Waals surface area contributed by atoms with Gasteiger partial charge in [0.1, 0.15) is 18.8 Å². The molecule has 3 aromatic rings. The average Bonchev–Trinajstić information content (AvgIpc) is 3.38. The molecule has 2 aromatic heterocycles. The molecule has 12 heteroatoms. The zero-order valence-electron chi connectivity index (χ0n) is 20.0. The summed E-state index contributed by atoms with van der Waals surface area (Å²) in [4.78, 5) is 38.9. The van der Waals surface area contributed by atoms with Crippen molar-refractivity contribution < 1.29 is 32.6 Å². The number of pyridine rings is 1. The van der Waals surface area contributed by atoms with Crippen molar-refractivity contribution in [1.82, 2.24) is 9.88 Å². The highest BCUT2D eigenvalue weighted by Crippen LogP contribution is 2.26. The third-order valence-corrected chi connectivity index (χ3v) is 6.31. The van der Waals surface area contributed by atoms with E-state index in [0.717, 1.165) is 10.1 Å². The summed E-state index contributed by atoms with van der Waals surface area (Å²) < 4.78 is 45.5. The molecule has 2 heterocycles. The maximum Gasteiger partial charge on any atom is 0.416 e. The van der Waals surface area contributed by atoms with E-state index in [0.29, 0.717) is 10.6 Å². The van der Waals surface area contributed by atoms with E-state index < -0.39 is 48.3 Å². The number of nitrogens with one attached hydrogen (secondary N) is 2. The summed E-state index contributed by atoms with van der Waals surface area (Å²) in [7, 11) is 0. The molecule has 198 valence electrons. The number of carbonyl (C=O) groups is 2. The van der Waals surface area contributed by atoms with E-state index >= 15 is 0 Å². The van der Waals surface area contributed by atoms with Gasteiger partial charge in [0.25, 0.3) is 5.56 Å². The quantitative estimate of drug-likeness (QED) is 0.375. The number of hydrogen-bond donors (Lipinski definition) is 3. The van der Waals surface area contributed by atoms with Crippen LogP contribution in [-0.4, -0.2) is 40.0 Å². The number of benzene rings is 1. The molecule has 37 heavy (non-hydrogen) atoms. The molecular weight excluding hydrogens is 511 g/mol. The molecule has 1 aromatic carbocycles. The fourth-order valence-electron chi connectivity index (χ4n) is 3.53. The van der Waals surface area contributed by atoms with Crippen molar-refractivity contribution >= 4 is 29.0 Å². The molecule has 0 spiro atoms. The Morgan fingerprint density at radius 2 is 1.78 bits per heavy atom. The number of anilines is 1. The number of aliphatic hydroxyl groups excluding tert-OH is 1. The Labute approximate surface area is 214 Å². The van der Waals surface area contributed by atoms with Gasteiger partial charge in [-0.25, -0.2) is 4.79 Å². The number of halogens is 3. The number of aliphatic hydroxyl groups is 1. The fraction of sp³-hybridized carbons (Fsp3) is 0.320. The first-order valence-electron chi connectivity index (χ1n) is 11.3. The standard InChI is InChI=1S/C25H26F3N3O5S/c1-15(2)21(22(33)25(26,27)28)30-20(32)13-31-18(19-9-6-12-37-19)11-10-17(23(31)34)29-24(35)36-14-16-7-4-3-5-8-16/h3-12,15,21-22,33H,13-14H2,1-2H3,(H,29,35)(H,30,32). The predicted molar refractivity (Wildman–Crippen MR) is 133 cm³/mol. The first-order valence-corrected chi connectivity index (χ1v) is 12.1. The van der Waals surface area contributed by atoms with Gasteiger partial charge in [-0.3, -0.25) is 19.5 Å². The maximum atomic E-state index is 13.2. The summed E-state index contributed by atoms with van der Waals surface area (Å²) in [5, 5.41) is 16.0. The highest BCUT2D eigenvalue weighted by Gasteiger charge is 2.45. The van der Waals surface area contributed by atoms with Crippen LogP contribution >= 0.6 is 11.3 Å². The first kappa shape index (κ1) is 27.9. The maximum absolute atomic E-state index is 13.2. The minimum Gasteiger partial charge on any atom is -0.444 e. The van der Waals surface area contributed by atoms with Gasteiger partial charge in [-0.2, -0.15) is 13.2 Å². The van der Waals surface area contributed by atoms with Gasteiger partial charge in [0, 0.05) is 0 Å². The van der Waals surface area contributed by atoms with Crippen LogP contribution in [0.1, 0.15) is 19.4 Å². The van der Waals surface area contributed by atoms with Crippen LogP contribution in [0, 0.1) is 5.92 Å². The van der Waals surface area contributed by atoms with Crippen LogP contribution in [-0.2, 0) is 22.7 Å². The van der Waals surface area contributed by atoms with Crippen LogP contribution in [0.15, 0.2) is 64.8 Å². The van der Waals surface area contributed by atoms with Crippen LogP contribution in [0.4, 0.5) is 23.7 Å². The van der Waals surface area contributed by atoms with Crippen molar-refractivity contribution in [2.75, 3.05) is 5.32 Å². The number of carbonyl (C=O) groups excluding carboxylic acids is 2. The Balaban J connectivity index is 1.83. The van der Waals surface area contributed by atoms with Crippen molar-refractivity contribution in [3.8, 4) is 10.6 Å². The summed E-state index contributed by atoms with van der Waals surface area (Å²) >= 11 is 1.29. The number of aromatic nitrogens is 1. The van der Waals surface area contributed by atoms with Crippen molar-refractivity contribution in [3.63, 3.8) is 0 Å². The van der Waals surface area contributed by atoms with Gasteiger partial charge in [-0.15, -0.1) is 11.3 Å². The molecule has 0 saturated carbocycles. The summed E-state index contributed by atoms with van der Waals surface area (Å²) in [5.41, 5.74) is 0.133. The largest absolute Gasteiger partial charge is 0.444 e. The molecule has 0 aliphatic heterocycles. The lowest BCUT2D eigenvalue weighted by Crippen LogP contribution is -2.53.